The minimum atomic E-state index is -0.598. The molecule has 1 fully saturated rings. The summed E-state index contributed by atoms with van der Waals surface area (Å²) in [5.74, 6) is -0.455. The Morgan fingerprint density at radius 1 is 1.06 bits per heavy atom. The quantitative estimate of drug-likeness (QED) is 0.584. The summed E-state index contributed by atoms with van der Waals surface area (Å²) < 4.78 is 12.1. The number of Topliss-reactive ketones (excluding diaryl/α,β-unsaturated/α-hetero) is 1. The van der Waals surface area contributed by atoms with Crippen molar-refractivity contribution in [1.29, 1.82) is 0 Å². The first kappa shape index (κ1) is 21.8. The van der Waals surface area contributed by atoms with Gasteiger partial charge in [-0.25, -0.2) is 0 Å². The number of ketones is 1. The molecule has 3 aliphatic rings. The van der Waals surface area contributed by atoms with Crippen LogP contribution in [0.15, 0.2) is 40.5 Å². The predicted molar refractivity (Wildman–Crippen MR) is 120 cm³/mol. The molecule has 5 heteroatoms. The van der Waals surface area contributed by atoms with Crippen molar-refractivity contribution in [3.8, 4) is 5.75 Å². The predicted octanol–water partition coefficient (Wildman–Crippen LogP) is 5.53. The van der Waals surface area contributed by atoms with Crippen molar-refractivity contribution in [1.82, 2.24) is 0 Å². The highest BCUT2D eigenvalue weighted by Gasteiger charge is 2.44. The molecule has 0 saturated heterocycles. The second-order valence-electron chi connectivity index (χ2n) is 9.25. The summed E-state index contributed by atoms with van der Waals surface area (Å²) in [5.41, 5.74) is 3.12. The van der Waals surface area contributed by atoms with Crippen LogP contribution in [-0.4, -0.2) is 29.7 Å². The first-order valence-electron chi connectivity index (χ1n) is 11.7. The van der Waals surface area contributed by atoms with Crippen LogP contribution in [0.1, 0.15) is 83.6 Å². The Labute approximate surface area is 184 Å². The lowest BCUT2D eigenvalue weighted by atomic mass is 9.71. The number of para-hydroxylation sites is 1. The lowest BCUT2D eigenvalue weighted by Gasteiger charge is -2.36. The minimum Gasteiger partial charge on any atom is -0.491 e. The van der Waals surface area contributed by atoms with E-state index in [1.807, 2.05) is 45.0 Å². The van der Waals surface area contributed by atoms with Crippen LogP contribution >= 0.6 is 0 Å². The van der Waals surface area contributed by atoms with Gasteiger partial charge in [0, 0.05) is 34.9 Å². The molecule has 0 radical (unpaired) electrons. The van der Waals surface area contributed by atoms with Crippen LogP contribution < -0.4 is 4.74 Å². The van der Waals surface area contributed by atoms with Crippen LogP contribution in [0, 0.1) is 5.92 Å². The molecule has 2 aliphatic carbocycles. The summed E-state index contributed by atoms with van der Waals surface area (Å²) in [6.45, 7) is 5.86. The molecular weight excluding hydrogens is 390 g/mol. The number of allylic oxidation sites excluding steroid dienone is 2. The molecule has 0 amide bonds. The monoisotopic (exact) mass is 423 g/mol. The van der Waals surface area contributed by atoms with Crippen molar-refractivity contribution in [3.05, 3.63) is 41.1 Å². The summed E-state index contributed by atoms with van der Waals surface area (Å²) in [5, 5.41) is 0. The van der Waals surface area contributed by atoms with Gasteiger partial charge in [0.1, 0.15) is 17.8 Å². The Morgan fingerprint density at radius 3 is 2.55 bits per heavy atom. The highest BCUT2D eigenvalue weighted by molar-refractivity contribution is 6.09. The number of rotatable bonds is 5. The van der Waals surface area contributed by atoms with Gasteiger partial charge < -0.3 is 9.47 Å². The lowest BCUT2D eigenvalue weighted by Crippen LogP contribution is -2.39. The third-order valence-corrected chi connectivity index (χ3v) is 6.54. The van der Waals surface area contributed by atoms with E-state index in [1.165, 1.54) is 6.42 Å². The van der Waals surface area contributed by atoms with Crippen molar-refractivity contribution in [3.63, 3.8) is 0 Å². The molecule has 4 rings (SSSR count). The standard InChI is InChI=1S/C26H33NO4/c1-16(2)30-22-15-8-7-12-19(22)24-23(26(29)31-18-10-5-4-6-11-18)17(3)27-20-13-9-14-21(28)25(20)24/h7-8,12,15-16,18,23-24H,4-6,9-11,13-14H2,1-3H3/t23?,24-/m0/s1. The van der Waals surface area contributed by atoms with Gasteiger partial charge in [0.05, 0.1) is 6.10 Å². The van der Waals surface area contributed by atoms with Crippen LogP contribution in [0.25, 0.3) is 0 Å². The highest BCUT2D eigenvalue weighted by atomic mass is 16.5. The van der Waals surface area contributed by atoms with Crippen LogP contribution in [0.4, 0.5) is 0 Å². The average Bonchev–Trinajstić information content (AvgIpc) is 2.73. The molecule has 1 aromatic carbocycles. The highest BCUT2D eigenvalue weighted by Crippen LogP contribution is 2.46. The van der Waals surface area contributed by atoms with E-state index in [2.05, 4.69) is 0 Å². The van der Waals surface area contributed by atoms with Crippen LogP contribution in [0.2, 0.25) is 0 Å². The summed E-state index contributed by atoms with van der Waals surface area (Å²) in [6, 6.07) is 7.78. The van der Waals surface area contributed by atoms with Gasteiger partial charge in [0.2, 0.25) is 0 Å². The molecule has 2 atom stereocenters. The number of carbonyl (C=O) groups is 2. The van der Waals surface area contributed by atoms with Gasteiger partial charge in [0.25, 0.3) is 0 Å². The van der Waals surface area contributed by atoms with Crippen molar-refractivity contribution in [2.24, 2.45) is 10.9 Å². The van der Waals surface area contributed by atoms with E-state index in [9.17, 15) is 9.59 Å². The Balaban J connectivity index is 1.76. The first-order valence-corrected chi connectivity index (χ1v) is 11.7. The van der Waals surface area contributed by atoms with Crippen molar-refractivity contribution >= 4 is 17.5 Å². The molecule has 1 saturated carbocycles. The average molecular weight is 424 g/mol. The number of aliphatic imine (C=N–C) groups is 1. The molecule has 0 N–H and O–H groups in total. The molecule has 5 nitrogen and oxygen atoms in total. The van der Waals surface area contributed by atoms with E-state index in [1.54, 1.807) is 0 Å². The number of carbonyl (C=O) groups excluding carboxylic acids is 2. The molecule has 166 valence electrons. The van der Waals surface area contributed by atoms with E-state index >= 15 is 0 Å². The number of nitrogens with zero attached hydrogens (tertiary/aromatic N) is 1. The van der Waals surface area contributed by atoms with Gasteiger partial charge in [-0.3, -0.25) is 14.6 Å². The summed E-state index contributed by atoms with van der Waals surface area (Å²) in [6.07, 6.45) is 7.26. The first-order chi connectivity index (χ1) is 15.0. The number of benzene rings is 1. The Hall–Kier alpha value is -2.43. The maximum Gasteiger partial charge on any atom is 0.315 e. The van der Waals surface area contributed by atoms with Crippen molar-refractivity contribution in [2.75, 3.05) is 0 Å². The van der Waals surface area contributed by atoms with Crippen LogP contribution in [-0.2, 0) is 14.3 Å². The fourth-order valence-electron chi connectivity index (χ4n) is 5.17. The van der Waals surface area contributed by atoms with Gasteiger partial charge in [-0.05, 0) is 65.4 Å². The summed E-state index contributed by atoms with van der Waals surface area (Å²) in [4.78, 5) is 31.3. The van der Waals surface area contributed by atoms with Crippen molar-refractivity contribution in [2.45, 2.75) is 90.3 Å². The second kappa shape index (κ2) is 9.37. The van der Waals surface area contributed by atoms with E-state index in [4.69, 9.17) is 14.5 Å². The van der Waals surface area contributed by atoms with Crippen LogP contribution in [0.5, 0.6) is 5.75 Å². The third-order valence-electron chi connectivity index (χ3n) is 6.54. The normalized spacial score (nSPS) is 24.6. The number of esters is 1. The third kappa shape index (κ3) is 4.60. The van der Waals surface area contributed by atoms with E-state index < -0.39 is 11.8 Å². The zero-order valence-corrected chi connectivity index (χ0v) is 18.9. The lowest BCUT2D eigenvalue weighted by molar-refractivity contribution is -0.153. The molecule has 0 aromatic heterocycles. The molecule has 31 heavy (non-hydrogen) atoms. The molecular formula is C26H33NO4. The van der Waals surface area contributed by atoms with E-state index in [0.29, 0.717) is 12.0 Å². The number of ether oxygens (including phenoxy) is 2. The van der Waals surface area contributed by atoms with Gasteiger partial charge in [-0.2, -0.15) is 0 Å². The number of hydrogen-bond donors (Lipinski definition) is 0. The zero-order valence-electron chi connectivity index (χ0n) is 18.9. The fourth-order valence-corrected chi connectivity index (χ4v) is 5.17. The molecule has 0 spiro atoms. The maximum atomic E-state index is 13.5. The fraction of sp³-hybridized carbons (Fsp3) is 0.577. The Kier molecular flexibility index (Phi) is 6.59. The van der Waals surface area contributed by atoms with E-state index in [0.717, 1.165) is 61.2 Å². The topological polar surface area (TPSA) is 65.0 Å². The van der Waals surface area contributed by atoms with E-state index in [-0.39, 0.29) is 24.0 Å². The second-order valence-corrected chi connectivity index (χ2v) is 9.25. The molecule has 1 aliphatic heterocycles. The summed E-state index contributed by atoms with van der Waals surface area (Å²) in [7, 11) is 0. The molecule has 1 aromatic rings. The Morgan fingerprint density at radius 2 is 1.81 bits per heavy atom. The maximum absolute atomic E-state index is 13.5. The molecule has 1 unspecified atom stereocenters. The zero-order chi connectivity index (χ0) is 22.0. The largest absolute Gasteiger partial charge is 0.491 e. The van der Waals surface area contributed by atoms with Crippen molar-refractivity contribution < 1.29 is 19.1 Å². The molecule has 1 heterocycles. The van der Waals surface area contributed by atoms with Gasteiger partial charge in [-0.15, -0.1) is 0 Å². The Bertz CT molecular complexity index is 908. The van der Waals surface area contributed by atoms with Crippen LogP contribution in [0.3, 0.4) is 0 Å². The SMILES string of the molecule is CC1=NC2=C(C(=O)CCC2)[C@@H](c2ccccc2OC(C)C)C1C(=O)OC1CCCCC1. The van der Waals surface area contributed by atoms with Gasteiger partial charge in [0.15, 0.2) is 5.78 Å². The minimum absolute atomic E-state index is 0.0114. The van der Waals surface area contributed by atoms with Gasteiger partial charge in [-0.1, -0.05) is 24.6 Å². The summed E-state index contributed by atoms with van der Waals surface area (Å²) >= 11 is 0. The number of hydrogen-bond acceptors (Lipinski definition) is 5. The molecule has 0 bridgehead atoms. The smallest absolute Gasteiger partial charge is 0.315 e. The van der Waals surface area contributed by atoms with Gasteiger partial charge >= 0.3 is 5.97 Å².